The smallest absolute Gasteiger partial charge is 0.0459 e. The molecule has 1 heteroatoms. The van der Waals surface area contributed by atoms with Crippen LogP contribution in [0.4, 0.5) is 0 Å². The monoisotopic (exact) mass is 251 g/mol. The Morgan fingerprint density at radius 3 is 0.765 bits per heavy atom. The first-order chi connectivity index (χ1) is 8.42. The average molecular weight is 251 g/mol. The van der Waals surface area contributed by atoms with Gasteiger partial charge >= 0.3 is 0 Å². The van der Waals surface area contributed by atoms with Crippen LogP contribution in [0.3, 0.4) is 0 Å². The molecule has 0 aliphatic heterocycles. The molecule has 0 saturated heterocycles. The first-order valence-corrected chi connectivity index (χ1v) is 10.4. The second-order valence-corrected chi connectivity index (χ2v) is 11.9. The summed E-state index contributed by atoms with van der Waals surface area (Å²) in [6.07, 6.45) is 19.5. The van der Waals surface area contributed by atoms with E-state index in [9.17, 15) is 0 Å². The molecule has 0 aromatic heterocycles. The van der Waals surface area contributed by atoms with Crippen LogP contribution in [0.1, 0.15) is 77.0 Å². The van der Waals surface area contributed by atoms with Gasteiger partial charge in [0.1, 0.15) is 0 Å². The second-order valence-electron chi connectivity index (χ2n) is 7.23. The van der Waals surface area contributed by atoms with Crippen LogP contribution in [0.25, 0.3) is 0 Å². The first kappa shape index (κ1) is 11.3. The van der Waals surface area contributed by atoms with E-state index in [0.29, 0.717) is 0 Å². The summed E-state index contributed by atoms with van der Waals surface area (Å²) < 4.78 is 0. The Labute approximate surface area is 107 Å². The Morgan fingerprint density at radius 1 is 0.412 bits per heavy atom. The van der Waals surface area contributed by atoms with Crippen LogP contribution >= 0.6 is 7.26 Å². The van der Waals surface area contributed by atoms with Crippen LogP contribution < -0.4 is 0 Å². The highest BCUT2D eigenvalue weighted by Gasteiger charge is 2.65. The molecule has 0 N–H and O–H groups in total. The molecule has 96 valence electrons. The minimum Gasteiger partial charge on any atom is -0.0459 e. The average Bonchev–Trinajstić information content (AvgIpc) is 1.86. The largest absolute Gasteiger partial charge is 0.0705 e. The summed E-state index contributed by atoms with van der Waals surface area (Å²) in [4.78, 5) is 0. The zero-order chi connectivity index (χ0) is 11.3. The molecule has 0 bridgehead atoms. The minimum atomic E-state index is -0.513. The van der Waals surface area contributed by atoms with Gasteiger partial charge in [-0.05, 0) is 77.0 Å². The molecule has 0 amide bonds. The fraction of sp³-hybridized carbons (Fsp3) is 1.00. The van der Waals surface area contributed by atoms with Crippen molar-refractivity contribution < 1.29 is 0 Å². The van der Waals surface area contributed by atoms with E-state index < -0.39 is 7.26 Å². The van der Waals surface area contributed by atoms with E-state index in [1.807, 2.05) is 0 Å². The molecule has 4 saturated carbocycles. The van der Waals surface area contributed by atoms with E-state index in [1.165, 1.54) is 22.6 Å². The van der Waals surface area contributed by atoms with Crippen LogP contribution in [-0.2, 0) is 0 Å². The van der Waals surface area contributed by atoms with Crippen LogP contribution in [0.15, 0.2) is 0 Å². The van der Waals surface area contributed by atoms with Crippen LogP contribution in [-0.4, -0.2) is 22.6 Å². The van der Waals surface area contributed by atoms with Gasteiger partial charge in [-0.2, -0.15) is 0 Å². The van der Waals surface area contributed by atoms with E-state index in [2.05, 4.69) is 0 Å². The summed E-state index contributed by atoms with van der Waals surface area (Å²) >= 11 is 0. The third-order valence-corrected chi connectivity index (χ3v) is 14.0. The quantitative estimate of drug-likeness (QED) is 0.601. The van der Waals surface area contributed by atoms with Gasteiger partial charge in [0.15, 0.2) is 0 Å². The Morgan fingerprint density at radius 2 is 0.647 bits per heavy atom. The molecule has 0 aromatic carbocycles. The number of rotatable bonds is 4. The topological polar surface area (TPSA) is 0 Å². The van der Waals surface area contributed by atoms with Crippen LogP contribution in [0.2, 0.25) is 0 Å². The summed E-state index contributed by atoms with van der Waals surface area (Å²) in [6.45, 7) is 0. The summed E-state index contributed by atoms with van der Waals surface area (Å²) in [5, 5.41) is 0. The van der Waals surface area contributed by atoms with E-state index in [-0.39, 0.29) is 0 Å². The number of hydrogen-bond acceptors (Lipinski definition) is 0. The molecule has 0 nitrogen and oxygen atoms in total. The Kier molecular flexibility index (Phi) is 2.80. The highest BCUT2D eigenvalue weighted by atomic mass is 31.2. The van der Waals surface area contributed by atoms with Crippen molar-refractivity contribution >= 4 is 7.26 Å². The van der Waals surface area contributed by atoms with Crippen molar-refractivity contribution in [2.75, 3.05) is 0 Å². The van der Waals surface area contributed by atoms with Gasteiger partial charge in [-0.15, -0.1) is 0 Å². The van der Waals surface area contributed by atoms with Gasteiger partial charge in [0.2, 0.25) is 0 Å². The first-order valence-electron chi connectivity index (χ1n) is 8.30. The Bertz CT molecular complexity index is 220. The van der Waals surface area contributed by atoms with Gasteiger partial charge < -0.3 is 0 Å². The molecule has 4 aliphatic carbocycles. The maximum Gasteiger partial charge on any atom is 0.0705 e. The van der Waals surface area contributed by atoms with Crippen LogP contribution in [0, 0.1) is 0 Å². The summed E-state index contributed by atoms with van der Waals surface area (Å²) in [7, 11) is -0.513. The third-order valence-electron chi connectivity index (χ3n) is 6.83. The molecular formula is C16H28P+. The van der Waals surface area contributed by atoms with Gasteiger partial charge in [-0.25, -0.2) is 0 Å². The van der Waals surface area contributed by atoms with Crippen molar-refractivity contribution in [1.82, 2.24) is 0 Å². The second kappa shape index (κ2) is 4.22. The van der Waals surface area contributed by atoms with Crippen molar-refractivity contribution in [2.24, 2.45) is 0 Å². The van der Waals surface area contributed by atoms with Gasteiger partial charge in [0.25, 0.3) is 0 Å². The molecular weight excluding hydrogens is 223 g/mol. The van der Waals surface area contributed by atoms with Crippen LogP contribution in [0.5, 0.6) is 0 Å². The maximum atomic E-state index is 1.65. The molecule has 0 spiro atoms. The molecule has 17 heavy (non-hydrogen) atoms. The Hall–Kier alpha value is 0.430. The van der Waals surface area contributed by atoms with Crippen molar-refractivity contribution in [3.05, 3.63) is 0 Å². The zero-order valence-electron chi connectivity index (χ0n) is 11.2. The molecule has 0 unspecified atom stereocenters. The lowest BCUT2D eigenvalue weighted by Gasteiger charge is -2.58. The van der Waals surface area contributed by atoms with E-state index in [1.54, 1.807) is 77.0 Å². The fourth-order valence-corrected chi connectivity index (χ4v) is 13.7. The summed E-state index contributed by atoms with van der Waals surface area (Å²) in [5.41, 5.74) is 5.12. The van der Waals surface area contributed by atoms with E-state index >= 15 is 0 Å². The lowest BCUT2D eigenvalue weighted by molar-refractivity contribution is 0.396. The van der Waals surface area contributed by atoms with E-state index in [0.717, 1.165) is 0 Å². The zero-order valence-corrected chi connectivity index (χ0v) is 12.1. The van der Waals surface area contributed by atoms with Crippen molar-refractivity contribution in [3.63, 3.8) is 0 Å². The third kappa shape index (κ3) is 1.46. The predicted octanol–water partition coefficient (Wildman–Crippen LogP) is 5.21. The molecule has 4 rings (SSSR count). The molecule has 0 aromatic rings. The summed E-state index contributed by atoms with van der Waals surface area (Å²) in [6, 6.07) is 0. The lowest BCUT2D eigenvalue weighted by atomic mass is 9.96. The van der Waals surface area contributed by atoms with Gasteiger partial charge in [0.05, 0.1) is 22.6 Å². The Balaban J connectivity index is 1.65. The molecule has 0 heterocycles. The SMILES string of the molecule is C1CC([P+](C2CCC2)(C2CCC2)C2CCC2)C1. The standard InChI is InChI=1S/C16H28P/c1-5-13(6-1)17(14-7-2-8-14,15-9-3-10-15)16-11-4-12-16/h13-16H,1-12H2/q+1. The van der Waals surface area contributed by atoms with Crippen molar-refractivity contribution in [2.45, 2.75) is 99.7 Å². The molecule has 4 aliphatic rings. The maximum absolute atomic E-state index is 1.65. The lowest BCUT2D eigenvalue weighted by Crippen LogP contribution is -2.48. The van der Waals surface area contributed by atoms with Gasteiger partial charge in [-0.1, -0.05) is 0 Å². The molecule has 0 radical (unpaired) electrons. The van der Waals surface area contributed by atoms with Crippen molar-refractivity contribution in [1.29, 1.82) is 0 Å². The predicted molar refractivity (Wildman–Crippen MR) is 77.5 cm³/mol. The van der Waals surface area contributed by atoms with Gasteiger partial charge in [0, 0.05) is 7.26 Å². The van der Waals surface area contributed by atoms with Gasteiger partial charge in [-0.3, -0.25) is 0 Å². The van der Waals surface area contributed by atoms with E-state index in [4.69, 9.17) is 0 Å². The highest BCUT2D eigenvalue weighted by Crippen LogP contribution is 2.85. The molecule has 4 fully saturated rings. The summed E-state index contributed by atoms with van der Waals surface area (Å²) in [5.74, 6) is 0. The minimum absolute atomic E-state index is 0.513. The molecule has 0 atom stereocenters. The normalized spacial score (nSPS) is 32.5. The highest BCUT2D eigenvalue weighted by molar-refractivity contribution is 7.78. The number of hydrogen-bond donors (Lipinski definition) is 0. The fourth-order valence-electron chi connectivity index (χ4n) is 5.12. The van der Waals surface area contributed by atoms with Crippen molar-refractivity contribution in [3.8, 4) is 0 Å².